The molecule has 2 aromatic carbocycles. The fraction of sp³-hybridized carbons (Fsp3) is 0.261. The Kier molecular flexibility index (Phi) is 6.99. The molecule has 0 unspecified atom stereocenters. The number of fused-ring (bicyclic) bond motifs is 1. The van der Waals surface area contributed by atoms with Gasteiger partial charge in [0.25, 0.3) is 0 Å². The number of benzene rings is 2. The maximum absolute atomic E-state index is 12.8. The van der Waals surface area contributed by atoms with Crippen molar-refractivity contribution in [2.75, 3.05) is 13.7 Å². The van der Waals surface area contributed by atoms with Crippen LogP contribution in [0.3, 0.4) is 0 Å². The highest BCUT2D eigenvalue weighted by Crippen LogP contribution is 2.25. The number of aromatic nitrogens is 1. The summed E-state index contributed by atoms with van der Waals surface area (Å²) < 4.78 is 11.4. The van der Waals surface area contributed by atoms with E-state index in [4.69, 9.17) is 9.47 Å². The van der Waals surface area contributed by atoms with Crippen molar-refractivity contribution in [2.24, 2.45) is 0 Å². The number of carbonyl (C=O) groups is 3. The Morgan fingerprint density at radius 2 is 1.72 bits per heavy atom. The molecule has 0 aliphatic heterocycles. The van der Waals surface area contributed by atoms with E-state index < -0.39 is 23.9 Å². The van der Waals surface area contributed by atoms with Gasteiger partial charge in [-0.25, -0.2) is 9.59 Å². The number of hydrogen-bond donors (Lipinski definition) is 3. The van der Waals surface area contributed by atoms with Crippen LogP contribution in [0.15, 0.2) is 48.5 Å². The van der Waals surface area contributed by atoms with Gasteiger partial charge < -0.3 is 29.6 Å². The van der Waals surface area contributed by atoms with Gasteiger partial charge in [0.15, 0.2) is 0 Å². The van der Waals surface area contributed by atoms with Crippen LogP contribution in [0.4, 0.5) is 0 Å². The van der Waals surface area contributed by atoms with Crippen molar-refractivity contribution in [1.82, 2.24) is 9.88 Å². The van der Waals surface area contributed by atoms with E-state index in [-0.39, 0.29) is 36.8 Å². The fourth-order valence-electron chi connectivity index (χ4n) is 3.39. The predicted molar refractivity (Wildman–Crippen MR) is 115 cm³/mol. The van der Waals surface area contributed by atoms with Crippen molar-refractivity contribution in [3.63, 3.8) is 0 Å². The standard InChI is InChI=1S/C23H24N2O7/c1-3-32-23(30)20-12-15-11-17(27)8-9-19(15)25(20)13-21(28)24-18(22(29)31-2)10-14-4-6-16(26)7-5-14/h4-9,11-12,18,26-27H,3,10,13H2,1-2H3,(H,24,28)/t18-/m0/s1. The van der Waals surface area contributed by atoms with Crippen molar-refractivity contribution >= 4 is 28.7 Å². The first-order valence-electron chi connectivity index (χ1n) is 9.96. The van der Waals surface area contributed by atoms with Gasteiger partial charge in [0.1, 0.15) is 29.8 Å². The molecule has 1 aromatic heterocycles. The zero-order chi connectivity index (χ0) is 23.3. The summed E-state index contributed by atoms with van der Waals surface area (Å²) in [7, 11) is 1.23. The molecule has 32 heavy (non-hydrogen) atoms. The fourth-order valence-corrected chi connectivity index (χ4v) is 3.39. The quantitative estimate of drug-likeness (QED) is 0.458. The largest absolute Gasteiger partial charge is 0.508 e. The number of ether oxygens (including phenoxy) is 2. The minimum Gasteiger partial charge on any atom is -0.508 e. The number of nitrogens with zero attached hydrogens (tertiary/aromatic N) is 1. The first kappa shape index (κ1) is 22.7. The topological polar surface area (TPSA) is 127 Å². The molecule has 0 aliphatic rings. The maximum atomic E-state index is 12.8. The van der Waals surface area contributed by atoms with E-state index in [9.17, 15) is 24.6 Å². The molecule has 9 heteroatoms. The number of esters is 2. The molecular formula is C23H24N2O7. The lowest BCUT2D eigenvalue weighted by Gasteiger charge is -2.18. The number of phenolic OH excluding ortho intramolecular Hbond substituents is 2. The van der Waals surface area contributed by atoms with E-state index >= 15 is 0 Å². The third-order valence-electron chi connectivity index (χ3n) is 4.87. The van der Waals surface area contributed by atoms with Gasteiger partial charge in [-0.2, -0.15) is 0 Å². The lowest BCUT2D eigenvalue weighted by Crippen LogP contribution is -2.44. The first-order valence-corrected chi connectivity index (χ1v) is 9.96. The van der Waals surface area contributed by atoms with Crippen molar-refractivity contribution in [3.8, 4) is 11.5 Å². The van der Waals surface area contributed by atoms with Crippen molar-refractivity contribution in [3.05, 3.63) is 59.8 Å². The lowest BCUT2D eigenvalue weighted by molar-refractivity contribution is -0.145. The molecule has 0 saturated heterocycles. The molecule has 1 amide bonds. The van der Waals surface area contributed by atoms with E-state index in [1.165, 1.54) is 42.0 Å². The van der Waals surface area contributed by atoms with E-state index in [1.54, 1.807) is 25.1 Å². The average Bonchev–Trinajstić information content (AvgIpc) is 3.11. The smallest absolute Gasteiger partial charge is 0.354 e. The number of carbonyl (C=O) groups excluding carboxylic acids is 3. The van der Waals surface area contributed by atoms with Crippen LogP contribution in [-0.4, -0.2) is 52.4 Å². The normalized spacial score (nSPS) is 11.7. The second kappa shape index (κ2) is 9.86. The summed E-state index contributed by atoms with van der Waals surface area (Å²) in [6.07, 6.45) is 0.156. The number of methoxy groups -OCH3 is 1. The number of amides is 1. The van der Waals surface area contributed by atoms with Gasteiger partial charge in [0.05, 0.1) is 13.7 Å². The second-order valence-corrected chi connectivity index (χ2v) is 7.09. The molecule has 0 bridgehead atoms. The van der Waals surface area contributed by atoms with Crippen LogP contribution in [0.25, 0.3) is 10.9 Å². The molecule has 0 saturated carbocycles. The SMILES string of the molecule is CCOC(=O)c1cc2cc(O)ccc2n1CC(=O)N[C@@H](Cc1ccc(O)cc1)C(=O)OC. The minimum absolute atomic E-state index is 0.0224. The van der Waals surface area contributed by atoms with Crippen LogP contribution < -0.4 is 5.32 Å². The number of aromatic hydroxyl groups is 2. The van der Waals surface area contributed by atoms with Crippen molar-refractivity contribution in [2.45, 2.75) is 25.9 Å². The van der Waals surface area contributed by atoms with Gasteiger partial charge in [-0.1, -0.05) is 12.1 Å². The monoisotopic (exact) mass is 440 g/mol. The van der Waals surface area contributed by atoms with Crippen molar-refractivity contribution < 1.29 is 34.1 Å². The highest BCUT2D eigenvalue weighted by molar-refractivity contribution is 5.97. The van der Waals surface area contributed by atoms with Crippen LogP contribution in [0, 0.1) is 0 Å². The Balaban J connectivity index is 1.85. The summed E-state index contributed by atoms with van der Waals surface area (Å²) in [5.41, 5.74) is 1.41. The zero-order valence-corrected chi connectivity index (χ0v) is 17.7. The molecule has 0 aliphatic carbocycles. The average molecular weight is 440 g/mol. The van der Waals surface area contributed by atoms with Gasteiger partial charge in [-0.15, -0.1) is 0 Å². The van der Waals surface area contributed by atoms with Crippen molar-refractivity contribution in [1.29, 1.82) is 0 Å². The first-order chi connectivity index (χ1) is 15.3. The number of nitrogens with one attached hydrogen (secondary N) is 1. The molecule has 0 spiro atoms. The molecular weight excluding hydrogens is 416 g/mol. The van der Waals surface area contributed by atoms with E-state index in [1.807, 2.05) is 0 Å². The second-order valence-electron chi connectivity index (χ2n) is 7.09. The summed E-state index contributed by atoms with van der Waals surface area (Å²) in [4.78, 5) is 37.5. The maximum Gasteiger partial charge on any atom is 0.354 e. The molecule has 9 nitrogen and oxygen atoms in total. The third kappa shape index (κ3) is 5.18. The summed E-state index contributed by atoms with van der Waals surface area (Å²) in [6, 6.07) is 11.3. The van der Waals surface area contributed by atoms with Crippen LogP contribution in [0.5, 0.6) is 11.5 Å². The van der Waals surface area contributed by atoms with Crippen LogP contribution in [0.1, 0.15) is 23.0 Å². The third-order valence-corrected chi connectivity index (χ3v) is 4.87. The van der Waals surface area contributed by atoms with Crippen LogP contribution >= 0.6 is 0 Å². The number of rotatable bonds is 8. The van der Waals surface area contributed by atoms with Gasteiger partial charge in [-0.05, 0) is 48.9 Å². The Morgan fingerprint density at radius 3 is 2.38 bits per heavy atom. The summed E-state index contributed by atoms with van der Waals surface area (Å²) in [5.74, 6) is -1.64. The Bertz CT molecular complexity index is 1140. The van der Waals surface area contributed by atoms with E-state index in [0.717, 1.165) is 0 Å². The summed E-state index contributed by atoms with van der Waals surface area (Å²) in [5, 5.41) is 22.4. The Morgan fingerprint density at radius 1 is 1.03 bits per heavy atom. The molecule has 0 radical (unpaired) electrons. The predicted octanol–water partition coefficient (Wildman–Crippen LogP) is 2.13. The van der Waals surface area contributed by atoms with E-state index in [2.05, 4.69) is 5.32 Å². The molecule has 1 heterocycles. The number of hydrogen-bond acceptors (Lipinski definition) is 7. The van der Waals surface area contributed by atoms with E-state index in [0.29, 0.717) is 16.5 Å². The summed E-state index contributed by atoms with van der Waals surface area (Å²) >= 11 is 0. The zero-order valence-electron chi connectivity index (χ0n) is 17.7. The van der Waals surface area contributed by atoms with Gasteiger partial charge >= 0.3 is 11.9 Å². The minimum atomic E-state index is -0.964. The van der Waals surface area contributed by atoms with Gasteiger partial charge in [0, 0.05) is 17.3 Å². The highest BCUT2D eigenvalue weighted by atomic mass is 16.5. The van der Waals surface area contributed by atoms with Gasteiger partial charge in [-0.3, -0.25) is 4.79 Å². The highest BCUT2D eigenvalue weighted by Gasteiger charge is 2.24. The molecule has 3 N–H and O–H groups in total. The lowest BCUT2D eigenvalue weighted by atomic mass is 10.1. The van der Waals surface area contributed by atoms with Gasteiger partial charge in [0.2, 0.25) is 5.91 Å². The molecule has 168 valence electrons. The van der Waals surface area contributed by atoms with Crippen LogP contribution in [0.2, 0.25) is 0 Å². The molecule has 3 rings (SSSR count). The Labute approximate surface area is 184 Å². The number of phenols is 2. The molecule has 3 aromatic rings. The van der Waals surface area contributed by atoms with Crippen LogP contribution in [-0.2, 0) is 32.0 Å². The Hall–Kier alpha value is -4.01. The molecule has 1 atom stereocenters. The molecule has 0 fully saturated rings. The summed E-state index contributed by atoms with van der Waals surface area (Å²) in [6.45, 7) is 1.58.